The van der Waals surface area contributed by atoms with Crippen molar-refractivity contribution in [2.45, 2.75) is 109 Å². The van der Waals surface area contributed by atoms with Gasteiger partial charge in [0.2, 0.25) is 11.8 Å². The molecule has 3 saturated heterocycles. The molecule has 0 saturated carbocycles. The summed E-state index contributed by atoms with van der Waals surface area (Å²) in [4.78, 5) is 73.9. The maximum absolute atomic E-state index is 15.4. The summed E-state index contributed by atoms with van der Waals surface area (Å²) in [5, 5.41) is 5.33. The second kappa shape index (κ2) is 18.5. The maximum atomic E-state index is 15.4. The number of amides is 4. The number of likely N-dealkylation sites (tertiary alicyclic amines) is 2. The van der Waals surface area contributed by atoms with Crippen LogP contribution in [0.1, 0.15) is 119 Å². The monoisotopic (exact) mass is 917 g/mol. The molecule has 352 valence electrons. The zero-order chi connectivity index (χ0) is 47.2. The van der Waals surface area contributed by atoms with Crippen molar-refractivity contribution < 1.29 is 46.2 Å². The van der Waals surface area contributed by atoms with Gasteiger partial charge in [0.15, 0.2) is 0 Å². The van der Waals surface area contributed by atoms with E-state index >= 15 is 4.39 Å². The first-order valence-electron chi connectivity index (χ1n) is 22.4. The molecule has 6 unspecified atom stereocenters. The van der Waals surface area contributed by atoms with Crippen LogP contribution in [0.15, 0.2) is 54.6 Å². The fraction of sp³-hybridized carbons (Fsp3) is 0.489. The van der Waals surface area contributed by atoms with E-state index in [0.29, 0.717) is 72.5 Å². The molecule has 2 aromatic heterocycles. The lowest BCUT2D eigenvalue weighted by atomic mass is 10.0. The highest BCUT2D eigenvalue weighted by Gasteiger charge is 2.41. The number of ether oxygens (including phenoxy) is 2. The Labute approximate surface area is 379 Å². The highest BCUT2D eigenvalue weighted by atomic mass is 19.4. The Morgan fingerprint density at radius 2 is 1.12 bits per heavy atom. The molecule has 8 rings (SSSR count). The summed E-state index contributed by atoms with van der Waals surface area (Å²) in [7, 11) is 2.49. The molecule has 6 atom stereocenters. The van der Waals surface area contributed by atoms with Gasteiger partial charge in [-0.15, -0.1) is 0 Å². The van der Waals surface area contributed by atoms with Crippen molar-refractivity contribution >= 4 is 51.8 Å². The van der Waals surface area contributed by atoms with Crippen LogP contribution in [0, 0.1) is 17.7 Å². The topological polar surface area (TPSA) is 178 Å². The van der Waals surface area contributed by atoms with Crippen molar-refractivity contribution in [2.24, 2.45) is 11.8 Å². The number of alkyl carbamates (subject to hydrolysis) is 2. The number of hydrogen-bond donors (Lipinski definition) is 4. The van der Waals surface area contributed by atoms with E-state index in [0.717, 1.165) is 36.1 Å². The van der Waals surface area contributed by atoms with E-state index in [1.807, 2.05) is 69.0 Å². The highest BCUT2D eigenvalue weighted by molar-refractivity contribution is 5.87. The lowest BCUT2D eigenvalue weighted by Crippen LogP contribution is -2.51. The summed E-state index contributed by atoms with van der Waals surface area (Å²) in [6.45, 7) is 8.36. The van der Waals surface area contributed by atoms with Crippen LogP contribution >= 0.6 is 0 Å². The molecule has 0 spiro atoms. The number of fused-ring (bicyclic) bond motifs is 2. The van der Waals surface area contributed by atoms with E-state index in [1.165, 1.54) is 20.3 Å². The molecule has 3 aliphatic heterocycles. The minimum absolute atomic E-state index is 0.201. The number of alkyl halides is 3. The number of hydrogen-bond acceptors (Lipinski definition) is 9. The SMILES string of the molecule is COC(=O)NC(C(=O)N1CCCC1c1nc2ccc(C3CCC(c4ccc5nc(C6CCCN6C(=O)C(NC(=O)OC)C(C)C)[nH]c5c4)N3c3ccc(C(F)(F)F)c(F)c3)cc2[nH]1)C(C)C. The minimum atomic E-state index is -4.88. The number of rotatable bonds is 11. The van der Waals surface area contributed by atoms with Crippen LogP contribution in [0.2, 0.25) is 0 Å². The van der Waals surface area contributed by atoms with Gasteiger partial charge in [0.25, 0.3) is 0 Å². The standard InChI is InChI=1S/C47H55F4N9O6/c1-24(2)39(56-45(63)65-5)43(61)58-19-7-9-37(58)41-52-31-15-11-26(21-33(31)54-41)35-17-18-36(60(35)28-13-14-29(30(48)23-28)47(49,50)51)27-12-16-32-34(22-27)55-42(53-32)38-10-8-20-59(38)44(62)40(25(3)4)57-46(64)66-6/h11-16,21-25,35-40H,7-10,17-20H2,1-6H3,(H,52,54)(H,53,55)(H,56,63)(H,57,64). The molecule has 0 bridgehead atoms. The lowest BCUT2D eigenvalue weighted by Gasteiger charge is -2.33. The van der Waals surface area contributed by atoms with E-state index in [2.05, 4.69) is 20.6 Å². The molecule has 0 aliphatic carbocycles. The van der Waals surface area contributed by atoms with Gasteiger partial charge in [-0.1, -0.05) is 39.8 Å². The Hall–Kier alpha value is -6.40. The van der Waals surface area contributed by atoms with Crippen molar-refractivity contribution in [1.29, 1.82) is 0 Å². The minimum Gasteiger partial charge on any atom is -0.453 e. The molecule has 5 aromatic rings. The Balaban J connectivity index is 1.10. The molecular weight excluding hydrogens is 863 g/mol. The molecule has 0 radical (unpaired) electrons. The first kappa shape index (κ1) is 46.1. The van der Waals surface area contributed by atoms with Gasteiger partial charge in [-0.25, -0.2) is 23.9 Å². The van der Waals surface area contributed by atoms with Crippen LogP contribution in [0.4, 0.5) is 32.8 Å². The van der Waals surface area contributed by atoms with Crippen LogP contribution in [-0.2, 0) is 25.2 Å². The van der Waals surface area contributed by atoms with Gasteiger partial charge < -0.3 is 44.8 Å². The van der Waals surface area contributed by atoms with Gasteiger partial charge in [-0.05, 0) is 104 Å². The van der Waals surface area contributed by atoms with Crippen LogP contribution in [0.25, 0.3) is 22.1 Å². The molecule has 15 nitrogen and oxygen atoms in total. The predicted molar refractivity (Wildman–Crippen MR) is 236 cm³/mol. The third-order valence-corrected chi connectivity index (χ3v) is 13.2. The largest absolute Gasteiger partial charge is 0.453 e. The molecule has 4 amide bonds. The Bertz CT molecular complexity index is 2480. The van der Waals surface area contributed by atoms with Crippen LogP contribution in [-0.4, -0.2) is 93.1 Å². The van der Waals surface area contributed by atoms with Crippen LogP contribution in [0.3, 0.4) is 0 Å². The van der Waals surface area contributed by atoms with Crippen molar-refractivity contribution in [2.75, 3.05) is 32.2 Å². The van der Waals surface area contributed by atoms with E-state index in [4.69, 9.17) is 19.4 Å². The normalized spacial score (nSPS) is 21.0. The Morgan fingerprint density at radius 1 is 0.667 bits per heavy atom. The van der Waals surface area contributed by atoms with Crippen molar-refractivity contribution in [1.82, 2.24) is 40.4 Å². The van der Waals surface area contributed by atoms with E-state index < -0.39 is 41.8 Å². The van der Waals surface area contributed by atoms with E-state index in [1.54, 1.807) is 9.80 Å². The number of carbonyl (C=O) groups is 4. The van der Waals surface area contributed by atoms with Crippen molar-refractivity contribution in [3.05, 3.63) is 88.8 Å². The molecule has 19 heteroatoms. The maximum Gasteiger partial charge on any atom is 0.419 e. The van der Waals surface area contributed by atoms with Crippen molar-refractivity contribution in [3.63, 3.8) is 0 Å². The summed E-state index contributed by atoms with van der Waals surface area (Å²) in [6, 6.07) is 11.4. The molecule has 4 N–H and O–H groups in total. The molecular formula is C47H55F4N9O6. The fourth-order valence-electron chi connectivity index (χ4n) is 9.93. The van der Waals surface area contributed by atoms with Gasteiger partial charge >= 0.3 is 18.4 Å². The van der Waals surface area contributed by atoms with Crippen LogP contribution < -0.4 is 15.5 Å². The van der Waals surface area contributed by atoms with E-state index in [-0.39, 0.29) is 53.5 Å². The number of nitrogens with zero attached hydrogens (tertiary/aromatic N) is 5. The van der Waals surface area contributed by atoms with Gasteiger partial charge in [0.05, 0.1) is 66.0 Å². The molecule has 3 fully saturated rings. The fourth-order valence-corrected chi connectivity index (χ4v) is 9.93. The predicted octanol–water partition coefficient (Wildman–Crippen LogP) is 8.77. The smallest absolute Gasteiger partial charge is 0.419 e. The number of halogens is 4. The van der Waals surface area contributed by atoms with Gasteiger partial charge in [0.1, 0.15) is 29.5 Å². The summed E-state index contributed by atoms with van der Waals surface area (Å²) in [6.07, 6.45) is -2.31. The zero-order valence-electron chi connectivity index (χ0n) is 37.7. The van der Waals surface area contributed by atoms with Gasteiger partial charge in [0, 0.05) is 18.8 Å². The van der Waals surface area contributed by atoms with Gasteiger partial charge in [-0.3, -0.25) is 9.59 Å². The van der Waals surface area contributed by atoms with Gasteiger partial charge in [-0.2, -0.15) is 13.2 Å². The second-order valence-electron chi connectivity index (χ2n) is 18.1. The zero-order valence-corrected chi connectivity index (χ0v) is 37.7. The van der Waals surface area contributed by atoms with Crippen molar-refractivity contribution in [3.8, 4) is 0 Å². The number of aromatic amines is 2. The lowest BCUT2D eigenvalue weighted by molar-refractivity contribution is -0.140. The number of H-pyrrole nitrogens is 2. The third-order valence-electron chi connectivity index (χ3n) is 13.2. The molecule has 3 aromatic carbocycles. The molecule has 66 heavy (non-hydrogen) atoms. The summed E-state index contributed by atoms with van der Waals surface area (Å²) < 4.78 is 66.4. The third kappa shape index (κ3) is 8.95. The number of methoxy groups -OCH3 is 2. The number of aromatic nitrogens is 4. The quantitative estimate of drug-likeness (QED) is 0.0944. The number of nitrogens with one attached hydrogen (secondary N) is 4. The molecule has 5 heterocycles. The van der Waals surface area contributed by atoms with Crippen LogP contribution in [0.5, 0.6) is 0 Å². The Kier molecular flexibility index (Phi) is 12.9. The first-order chi connectivity index (χ1) is 31.5. The number of carbonyl (C=O) groups excluding carboxylic acids is 4. The Morgan fingerprint density at radius 3 is 1.52 bits per heavy atom. The average Bonchev–Trinajstić information content (AvgIpc) is 4.14. The second-order valence-corrected chi connectivity index (χ2v) is 18.1. The summed E-state index contributed by atoms with van der Waals surface area (Å²) in [5.41, 5.74) is 3.31. The molecule has 3 aliphatic rings. The van der Waals surface area contributed by atoms with E-state index in [9.17, 15) is 32.3 Å². The summed E-state index contributed by atoms with van der Waals surface area (Å²) in [5.74, 6) is -1.06. The summed E-state index contributed by atoms with van der Waals surface area (Å²) >= 11 is 0. The number of anilines is 1. The average molecular weight is 918 g/mol. The highest BCUT2D eigenvalue weighted by Crippen LogP contribution is 2.49. The first-order valence-corrected chi connectivity index (χ1v) is 22.4. The number of benzene rings is 3. The number of imidazole rings is 2.